The number of rotatable bonds is 3. The van der Waals surface area contributed by atoms with E-state index in [1.54, 1.807) is 0 Å². The van der Waals surface area contributed by atoms with E-state index >= 15 is 0 Å². The van der Waals surface area contributed by atoms with Gasteiger partial charge in [0, 0.05) is 25.5 Å². The van der Waals surface area contributed by atoms with Gasteiger partial charge in [-0.1, -0.05) is 30.7 Å². The molecule has 0 fully saturated rings. The van der Waals surface area contributed by atoms with E-state index in [1.807, 2.05) is 39.1 Å². The topological polar surface area (TPSA) is 43.6 Å². The fourth-order valence-electron chi connectivity index (χ4n) is 2.41. The van der Waals surface area contributed by atoms with Gasteiger partial charge in [0.05, 0.1) is 16.7 Å². The molecule has 0 atom stereocenters. The van der Waals surface area contributed by atoms with Crippen LogP contribution in [0.1, 0.15) is 29.8 Å². The summed E-state index contributed by atoms with van der Waals surface area (Å²) in [5.74, 6) is 1.76. The monoisotopic (exact) mass is 300 g/mol. The van der Waals surface area contributed by atoms with Crippen LogP contribution in [-0.4, -0.2) is 19.5 Å². The lowest BCUT2D eigenvalue weighted by molar-refractivity contribution is 0.808. The maximum absolute atomic E-state index is 6.20. The quantitative estimate of drug-likeness (QED) is 0.696. The van der Waals surface area contributed by atoms with Gasteiger partial charge in [-0.05, 0) is 19.1 Å². The molecule has 0 N–H and O–H groups in total. The zero-order valence-corrected chi connectivity index (χ0v) is 13.1. The number of para-hydroxylation sites is 2. The lowest BCUT2D eigenvalue weighted by Gasteiger charge is -2.08. The molecular formula is C16H17ClN4. The Morgan fingerprint density at radius 3 is 2.62 bits per heavy atom. The van der Waals surface area contributed by atoms with E-state index < -0.39 is 0 Å². The van der Waals surface area contributed by atoms with Crippen molar-refractivity contribution in [3.8, 4) is 0 Å². The summed E-state index contributed by atoms with van der Waals surface area (Å²) < 4.78 is 2.11. The zero-order chi connectivity index (χ0) is 15.0. The first kappa shape index (κ1) is 14.0. The summed E-state index contributed by atoms with van der Waals surface area (Å²) >= 11 is 6.20. The highest BCUT2D eigenvalue weighted by atomic mass is 35.5. The van der Waals surface area contributed by atoms with E-state index in [0.29, 0.717) is 11.6 Å². The summed E-state index contributed by atoms with van der Waals surface area (Å²) in [7, 11) is 2.03. The molecule has 3 aromatic rings. The van der Waals surface area contributed by atoms with Gasteiger partial charge in [-0.3, -0.25) is 0 Å². The van der Waals surface area contributed by atoms with Crippen LogP contribution in [0.25, 0.3) is 11.0 Å². The molecule has 2 aromatic heterocycles. The van der Waals surface area contributed by atoms with Gasteiger partial charge in [0.1, 0.15) is 16.8 Å². The van der Waals surface area contributed by atoms with Gasteiger partial charge < -0.3 is 4.57 Å². The lowest BCUT2D eigenvalue weighted by atomic mass is 10.2. The molecule has 0 bridgehead atoms. The number of fused-ring (bicyclic) bond motifs is 1. The molecule has 0 aliphatic rings. The van der Waals surface area contributed by atoms with Crippen LogP contribution < -0.4 is 0 Å². The summed E-state index contributed by atoms with van der Waals surface area (Å²) in [6.07, 6.45) is 1.43. The average Bonchev–Trinajstić information content (AvgIpc) is 2.80. The lowest BCUT2D eigenvalue weighted by Crippen LogP contribution is -2.06. The predicted molar refractivity (Wildman–Crippen MR) is 84.7 cm³/mol. The molecule has 0 saturated carbocycles. The van der Waals surface area contributed by atoms with Crippen molar-refractivity contribution in [3.63, 3.8) is 0 Å². The van der Waals surface area contributed by atoms with Crippen molar-refractivity contribution < 1.29 is 0 Å². The molecule has 108 valence electrons. The smallest absolute Gasteiger partial charge is 0.135 e. The van der Waals surface area contributed by atoms with E-state index in [-0.39, 0.29) is 0 Å². The molecule has 0 spiro atoms. The van der Waals surface area contributed by atoms with E-state index in [0.717, 1.165) is 40.4 Å². The highest BCUT2D eigenvalue weighted by molar-refractivity contribution is 6.30. The van der Waals surface area contributed by atoms with Crippen LogP contribution in [0.15, 0.2) is 24.3 Å². The summed E-state index contributed by atoms with van der Waals surface area (Å²) in [6.45, 7) is 3.99. The Morgan fingerprint density at radius 1 is 1.14 bits per heavy atom. The van der Waals surface area contributed by atoms with Crippen molar-refractivity contribution in [2.75, 3.05) is 0 Å². The van der Waals surface area contributed by atoms with Gasteiger partial charge in [-0.2, -0.15) is 0 Å². The van der Waals surface area contributed by atoms with E-state index in [4.69, 9.17) is 16.6 Å². The Morgan fingerprint density at radius 2 is 1.90 bits per heavy atom. The van der Waals surface area contributed by atoms with Gasteiger partial charge >= 0.3 is 0 Å². The van der Waals surface area contributed by atoms with Gasteiger partial charge in [0.2, 0.25) is 0 Å². The summed E-state index contributed by atoms with van der Waals surface area (Å²) in [4.78, 5) is 13.6. The van der Waals surface area contributed by atoms with E-state index in [9.17, 15) is 0 Å². The summed E-state index contributed by atoms with van der Waals surface area (Å²) in [6, 6.07) is 8.12. The molecule has 0 aliphatic heterocycles. The number of hydrogen-bond acceptors (Lipinski definition) is 3. The predicted octanol–water partition coefficient (Wildman–Crippen LogP) is 3.48. The number of imidazole rings is 1. The standard InChI is InChI=1S/C16H17ClN4/c1-4-14-18-12(10(2)16(17)20-14)9-15-19-11-7-5-6-8-13(11)21(15)3/h5-8H,4,9H2,1-3H3. The Hall–Kier alpha value is -1.94. The van der Waals surface area contributed by atoms with Crippen molar-refractivity contribution in [1.82, 2.24) is 19.5 Å². The minimum atomic E-state index is 0.538. The van der Waals surface area contributed by atoms with Crippen molar-refractivity contribution in [1.29, 1.82) is 0 Å². The number of hydrogen-bond donors (Lipinski definition) is 0. The minimum Gasteiger partial charge on any atom is -0.331 e. The van der Waals surface area contributed by atoms with Crippen LogP contribution in [0.3, 0.4) is 0 Å². The average molecular weight is 301 g/mol. The number of aryl methyl sites for hydroxylation is 2. The molecule has 0 radical (unpaired) electrons. The van der Waals surface area contributed by atoms with Gasteiger partial charge in [-0.25, -0.2) is 15.0 Å². The molecule has 0 saturated heterocycles. The molecular weight excluding hydrogens is 284 g/mol. The normalized spacial score (nSPS) is 11.2. The van der Waals surface area contributed by atoms with Crippen LogP contribution in [0.2, 0.25) is 5.15 Å². The maximum Gasteiger partial charge on any atom is 0.135 e. The third-order valence-electron chi connectivity index (χ3n) is 3.76. The van der Waals surface area contributed by atoms with Gasteiger partial charge in [-0.15, -0.1) is 0 Å². The van der Waals surface area contributed by atoms with Crippen molar-refractivity contribution in [3.05, 3.63) is 52.3 Å². The number of aromatic nitrogens is 4. The zero-order valence-electron chi connectivity index (χ0n) is 12.4. The Kier molecular flexibility index (Phi) is 3.64. The fraction of sp³-hybridized carbons (Fsp3) is 0.312. The molecule has 5 heteroatoms. The summed E-state index contributed by atoms with van der Waals surface area (Å²) in [5, 5.41) is 0.538. The first-order chi connectivity index (χ1) is 10.1. The highest BCUT2D eigenvalue weighted by Gasteiger charge is 2.13. The number of halogens is 1. The molecule has 21 heavy (non-hydrogen) atoms. The van der Waals surface area contributed by atoms with Crippen molar-refractivity contribution in [2.45, 2.75) is 26.7 Å². The molecule has 0 amide bonds. The third kappa shape index (κ3) is 2.51. The molecule has 0 aliphatic carbocycles. The first-order valence-electron chi connectivity index (χ1n) is 7.02. The van der Waals surface area contributed by atoms with Crippen molar-refractivity contribution >= 4 is 22.6 Å². The highest BCUT2D eigenvalue weighted by Crippen LogP contribution is 2.21. The largest absolute Gasteiger partial charge is 0.331 e. The van der Waals surface area contributed by atoms with Crippen LogP contribution in [0.5, 0.6) is 0 Å². The summed E-state index contributed by atoms with van der Waals surface area (Å²) in [5.41, 5.74) is 4.01. The second-order valence-corrected chi connectivity index (χ2v) is 5.47. The van der Waals surface area contributed by atoms with E-state index in [1.165, 1.54) is 0 Å². The Balaban J connectivity index is 2.06. The second-order valence-electron chi connectivity index (χ2n) is 5.11. The fourth-order valence-corrected chi connectivity index (χ4v) is 2.62. The van der Waals surface area contributed by atoms with E-state index in [2.05, 4.69) is 20.6 Å². The molecule has 2 heterocycles. The van der Waals surface area contributed by atoms with Crippen LogP contribution in [-0.2, 0) is 19.9 Å². The minimum absolute atomic E-state index is 0.538. The molecule has 4 nitrogen and oxygen atoms in total. The molecule has 3 rings (SSSR count). The van der Waals surface area contributed by atoms with Crippen LogP contribution in [0.4, 0.5) is 0 Å². The Labute approximate surface area is 128 Å². The molecule has 0 unspecified atom stereocenters. The van der Waals surface area contributed by atoms with Crippen LogP contribution >= 0.6 is 11.6 Å². The third-order valence-corrected chi connectivity index (χ3v) is 4.12. The maximum atomic E-state index is 6.20. The molecule has 1 aromatic carbocycles. The van der Waals surface area contributed by atoms with Gasteiger partial charge in [0.15, 0.2) is 0 Å². The number of benzene rings is 1. The van der Waals surface area contributed by atoms with Crippen molar-refractivity contribution in [2.24, 2.45) is 7.05 Å². The Bertz CT molecular complexity index is 807. The first-order valence-corrected chi connectivity index (χ1v) is 7.40. The van der Waals surface area contributed by atoms with Crippen LogP contribution in [0, 0.1) is 6.92 Å². The number of nitrogens with zero attached hydrogens (tertiary/aromatic N) is 4. The second kappa shape index (κ2) is 5.45. The van der Waals surface area contributed by atoms with Gasteiger partial charge in [0.25, 0.3) is 0 Å². The SMILES string of the molecule is CCc1nc(Cl)c(C)c(Cc2nc3ccccc3n2C)n1.